The Bertz CT molecular complexity index is 535. The molecule has 1 rings (SSSR count). The molecule has 20 heavy (non-hydrogen) atoms. The van der Waals surface area contributed by atoms with E-state index in [9.17, 15) is 14.7 Å². The molecule has 0 bridgehead atoms. The van der Waals surface area contributed by atoms with E-state index in [0.29, 0.717) is 6.42 Å². The lowest BCUT2D eigenvalue weighted by Gasteiger charge is -2.20. The quantitative estimate of drug-likeness (QED) is 0.565. The summed E-state index contributed by atoms with van der Waals surface area (Å²) in [4.78, 5) is 29.9. The largest absolute Gasteiger partial charge is 0.493 e. The Labute approximate surface area is 122 Å². The molecule has 0 aliphatic carbocycles. The highest BCUT2D eigenvalue weighted by Crippen LogP contribution is 2.17. The zero-order valence-electron chi connectivity index (χ0n) is 12.2. The SMILES string of the molecule is CCCc1c(O)nc(SCC(=O)NC(C)(C)C)[nH]c1=O. The summed E-state index contributed by atoms with van der Waals surface area (Å²) >= 11 is 1.09. The number of hydrogen-bond acceptors (Lipinski definition) is 5. The average Bonchev–Trinajstić information content (AvgIpc) is 2.29. The maximum absolute atomic E-state index is 11.8. The number of amides is 1. The van der Waals surface area contributed by atoms with E-state index in [-0.39, 0.29) is 39.4 Å². The van der Waals surface area contributed by atoms with Crippen LogP contribution in [-0.4, -0.2) is 32.3 Å². The minimum atomic E-state index is -0.349. The summed E-state index contributed by atoms with van der Waals surface area (Å²) in [6.07, 6.45) is 1.22. The third-order valence-corrected chi connectivity index (χ3v) is 3.20. The van der Waals surface area contributed by atoms with E-state index >= 15 is 0 Å². The fourth-order valence-corrected chi connectivity index (χ4v) is 2.25. The molecule has 1 aromatic rings. The highest BCUT2D eigenvalue weighted by atomic mass is 32.2. The number of nitrogens with one attached hydrogen (secondary N) is 2. The first-order valence-electron chi connectivity index (χ1n) is 6.49. The highest BCUT2D eigenvalue weighted by Gasteiger charge is 2.15. The van der Waals surface area contributed by atoms with E-state index in [1.54, 1.807) is 0 Å². The van der Waals surface area contributed by atoms with Crippen molar-refractivity contribution in [1.82, 2.24) is 15.3 Å². The van der Waals surface area contributed by atoms with Crippen LogP contribution in [-0.2, 0) is 11.2 Å². The summed E-state index contributed by atoms with van der Waals surface area (Å²) < 4.78 is 0. The first-order valence-corrected chi connectivity index (χ1v) is 7.47. The Morgan fingerprint density at radius 3 is 2.60 bits per heavy atom. The fourth-order valence-electron chi connectivity index (χ4n) is 1.60. The van der Waals surface area contributed by atoms with Crippen molar-refractivity contribution in [2.75, 3.05) is 5.75 Å². The van der Waals surface area contributed by atoms with Gasteiger partial charge >= 0.3 is 0 Å². The van der Waals surface area contributed by atoms with Crippen LogP contribution in [0.3, 0.4) is 0 Å². The van der Waals surface area contributed by atoms with Crippen LogP contribution in [0.15, 0.2) is 9.95 Å². The summed E-state index contributed by atoms with van der Waals surface area (Å²) in [6.45, 7) is 7.58. The van der Waals surface area contributed by atoms with Crippen LogP contribution in [0.4, 0.5) is 0 Å². The van der Waals surface area contributed by atoms with Gasteiger partial charge in [0.1, 0.15) is 0 Å². The van der Waals surface area contributed by atoms with Gasteiger partial charge in [-0.2, -0.15) is 4.98 Å². The summed E-state index contributed by atoms with van der Waals surface area (Å²) in [5.41, 5.74) is -0.361. The lowest BCUT2D eigenvalue weighted by atomic mass is 10.1. The number of hydrogen-bond donors (Lipinski definition) is 3. The number of aromatic amines is 1. The molecular weight excluding hydrogens is 278 g/mol. The van der Waals surface area contributed by atoms with Crippen LogP contribution < -0.4 is 10.9 Å². The molecule has 6 nitrogen and oxygen atoms in total. The van der Waals surface area contributed by atoms with Gasteiger partial charge in [-0.25, -0.2) is 0 Å². The van der Waals surface area contributed by atoms with E-state index in [4.69, 9.17) is 0 Å². The van der Waals surface area contributed by atoms with Gasteiger partial charge in [0.25, 0.3) is 5.56 Å². The first-order chi connectivity index (χ1) is 9.23. The van der Waals surface area contributed by atoms with Crippen molar-refractivity contribution in [2.24, 2.45) is 0 Å². The Balaban J connectivity index is 2.71. The predicted molar refractivity (Wildman–Crippen MR) is 79.1 cm³/mol. The molecule has 0 aliphatic heterocycles. The van der Waals surface area contributed by atoms with E-state index in [2.05, 4.69) is 15.3 Å². The van der Waals surface area contributed by atoms with E-state index < -0.39 is 0 Å². The molecule has 0 saturated carbocycles. The Morgan fingerprint density at radius 2 is 2.10 bits per heavy atom. The van der Waals surface area contributed by atoms with E-state index in [0.717, 1.165) is 18.2 Å². The lowest BCUT2D eigenvalue weighted by Crippen LogP contribution is -2.41. The third-order valence-electron chi connectivity index (χ3n) is 2.33. The lowest BCUT2D eigenvalue weighted by molar-refractivity contribution is -0.119. The minimum Gasteiger partial charge on any atom is -0.493 e. The topological polar surface area (TPSA) is 95.1 Å². The van der Waals surface area contributed by atoms with Crippen molar-refractivity contribution in [3.05, 3.63) is 15.9 Å². The normalized spacial score (nSPS) is 11.4. The van der Waals surface area contributed by atoms with Gasteiger partial charge in [0.15, 0.2) is 5.16 Å². The van der Waals surface area contributed by atoms with E-state index in [1.165, 1.54) is 0 Å². The second-order valence-corrected chi connectivity index (χ2v) is 6.47. The van der Waals surface area contributed by atoms with Crippen molar-refractivity contribution in [2.45, 2.75) is 51.2 Å². The van der Waals surface area contributed by atoms with Gasteiger partial charge in [0.05, 0.1) is 11.3 Å². The Kier molecular flexibility index (Phi) is 5.62. The van der Waals surface area contributed by atoms with Gasteiger partial charge in [0.2, 0.25) is 11.8 Å². The van der Waals surface area contributed by atoms with Gasteiger partial charge in [-0.3, -0.25) is 9.59 Å². The molecule has 0 unspecified atom stereocenters. The molecular formula is C13H21N3O3S. The second kappa shape index (κ2) is 6.78. The molecule has 3 N–H and O–H groups in total. The highest BCUT2D eigenvalue weighted by molar-refractivity contribution is 7.99. The second-order valence-electron chi connectivity index (χ2n) is 5.51. The smallest absolute Gasteiger partial charge is 0.258 e. The van der Waals surface area contributed by atoms with Gasteiger partial charge in [0, 0.05) is 5.54 Å². The minimum absolute atomic E-state index is 0.132. The number of carbonyl (C=O) groups excluding carboxylic acids is 1. The van der Waals surface area contributed by atoms with Crippen molar-refractivity contribution < 1.29 is 9.90 Å². The van der Waals surface area contributed by atoms with Crippen LogP contribution in [0.5, 0.6) is 5.88 Å². The molecule has 1 aromatic heterocycles. The van der Waals surface area contributed by atoms with Crippen LogP contribution in [0, 0.1) is 0 Å². The number of nitrogens with zero attached hydrogens (tertiary/aromatic N) is 1. The molecule has 112 valence electrons. The third kappa shape index (κ3) is 5.24. The standard InChI is InChI=1S/C13H21N3O3S/c1-5-6-8-10(18)14-12(15-11(8)19)20-7-9(17)16-13(2,3)4/h5-7H2,1-4H3,(H,16,17)(H2,14,15,18,19). The fraction of sp³-hybridized carbons (Fsp3) is 0.615. The predicted octanol–water partition coefficient (Wildman–Crippen LogP) is 1.43. The molecule has 0 radical (unpaired) electrons. The molecule has 0 aliphatic rings. The van der Waals surface area contributed by atoms with Gasteiger partial charge in [-0.15, -0.1) is 0 Å². The number of aromatic nitrogens is 2. The van der Waals surface area contributed by atoms with Crippen LogP contribution in [0.1, 0.15) is 39.7 Å². The number of rotatable bonds is 5. The molecule has 7 heteroatoms. The van der Waals surface area contributed by atoms with Crippen LogP contribution >= 0.6 is 11.8 Å². The maximum Gasteiger partial charge on any atom is 0.258 e. The van der Waals surface area contributed by atoms with Crippen molar-refractivity contribution in [3.8, 4) is 5.88 Å². The summed E-state index contributed by atoms with van der Waals surface area (Å²) in [7, 11) is 0. The number of carbonyl (C=O) groups is 1. The van der Waals surface area contributed by atoms with Gasteiger partial charge < -0.3 is 15.4 Å². The van der Waals surface area contributed by atoms with Crippen LogP contribution in [0.25, 0.3) is 0 Å². The Hall–Kier alpha value is -1.50. The van der Waals surface area contributed by atoms with Crippen LogP contribution in [0.2, 0.25) is 0 Å². The average molecular weight is 299 g/mol. The summed E-state index contributed by atoms with van der Waals surface area (Å²) in [5, 5.41) is 12.8. The van der Waals surface area contributed by atoms with Gasteiger partial charge in [-0.05, 0) is 27.2 Å². The number of H-pyrrole nitrogens is 1. The zero-order chi connectivity index (χ0) is 15.3. The van der Waals surface area contributed by atoms with Gasteiger partial charge in [-0.1, -0.05) is 25.1 Å². The summed E-state index contributed by atoms with van der Waals surface area (Å²) in [5.74, 6) is -0.274. The number of aromatic hydroxyl groups is 1. The molecule has 0 saturated heterocycles. The molecule has 0 fully saturated rings. The number of thioether (sulfide) groups is 1. The van der Waals surface area contributed by atoms with Crippen molar-refractivity contribution >= 4 is 17.7 Å². The zero-order valence-corrected chi connectivity index (χ0v) is 13.1. The monoisotopic (exact) mass is 299 g/mol. The van der Waals surface area contributed by atoms with Crippen molar-refractivity contribution in [3.63, 3.8) is 0 Å². The summed E-state index contributed by atoms with van der Waals surface area (Å²) in [6, 6.07) is 0. The molecule has 0 spiro atoms. The molecule has 1 heterocycles. The Morgan fingerprint density at radius 1 is 1.45 bits per heavy atom. The molecule has 0 aromatic carbocycles. The molecule has 1 amide bonds. The first kappa shape index (κ1) is 16.6. The van der Waals surface area contributed by atoms with Crippen molar-refractivity contribution in [1.29, 1.82) is 0 Å². The maximum atomic E-state index is 11.8. The van der Waals surface area contributed by atoms with E-state index in [1.807, 2.05) is 27.7 Å². The molecule has 0 atom stereocenters.